The van der Waals surface area contributed by atoms with E-state index in [1.807, 2.05) is 0 Å². The van der Waals surface area contributed by atoms with E-state index in [0.717, 1.165) is 6.20 Å². The van der Waals surface area contributed by atoms with Gasteiger partial charge in [-0.2, -0.15) is 4.98 Å². The summed E-state index contributed by atoms with van der Waals surface area (Å²) in [6.07, 6.45) is -1.40. The summed E-state index contributed by atoms with van der Waals surface area (Å²) in [7, 11) is -4.41. The van der Waals surface area contributed by atoms with Gasteiger partial charge in [0.05, 0.1) is 19.1 Å². The molecule has 0 amide bonds. The maximum atomic E-state index is 11.8. The third-order valence-electron chi connectivity index (χ3n) is 2.18. The van der Waals surface area contributed by atoms with E-state index < -0.39 is 44.7 Å². The zero-order chi connectivity index (χ0) is 15.3. The van der Waals surface area contributed by atoms with Crippen molar-refractivity contribution in [3.63, 3.8) is 0 Å². The van der Waals surface area contributed by atoms with Crippen LogP contribution >= 0.6 is 7.60 Å². The molecule has 0 radical (unpaired) electrons. The molecular formula is C9H14N3O7P. The first-order valence-corrected chi connectivity index (χ1v) is 7.18. The van der Waals surface area contributed by atoms with Gasteiger partial charge < -0.3 is 25.4 Å². The Morgan fingerprint density at radius 2 is 2.20 bits per heavy atom. The van der Waals surface area contributed by atoms with Crippen LogP contribution in [0.4, 0.5) is 5.82 Å². The second-order valence-corrected chi connectivity index (χ2v) is 5.46. The number of hydrogen-bond acceptors (Lipinski definition) is 7. The molecule has 10 nitrogen and oxygen atoms in total. The maximum absolute atomic E-state index is 11.8. The molecule has 0 aliphatic carbocycles. The number of nitrogen functional groups attached to an aromatic ring is 1. The van der Waals surface area contributed by atoms with Crippen LogP contribution in [0.1, 0.15) is 11.2 Å². The van der Waals surface area contributed by atoms with Gasteiger partial charge in [-0.25, -0.2) is 9.36 Å². The van der Waals surface area contributed by atoms with Crippen LogP contribution < -0.4 is 11.4 Å². The van der Waals surface area contributed by atoms with Gasteiger partial charge in [-0.1, -0.05) is 0 Å². The minimum Gasteiger partial charge on any atom is -0.394 e. The number of aliphatic hydroxyl groups excluding tert-OH is 1. The smallest absolute Gasteiger partial charge is 0.356 e. The lowest BCUT2D eigenvalue weighted by molar-refractivity contribution is 0.0224. The summed E-state index contributed by atoms with van der Waals surface area (Å²) >= 11 is 0. The molecule has 20 heavy (non-hydrogen) atoms. The van der Waals surface area contributed by atoms with Crippen LogP contribution in [0.5, 0.6) is 0 Å². The quantitative estimate of drug-likeness (QED) is 0.451. The zero-order valence-corrected chi connectivity index (χ0v) is 11.1. The SMILES string of the molecule is Nc1ccn(C(=O)C[C@@H](CO)OCP(=O)(O)O)c(=O)n1. The average Bonchev–Trinajstić information content (AvgIpc) is 2.33. The van der Waals surface area contributed by atoms with Crippen LogP contribution in [0, 0.1) is 0 Å². The van der Waals surface area contributed by atoms with Crippen molar-refractivity contribution in [2.45, 2.75) is 12.5 Å². The third kappa shape index (κ3) is 5.19. The highest BCUT2D eigenvalue weighted by Gasteiger charge is 2.21. The number of ether oxygens (including phenoxy) is 1. The lowest BCUT2D eigenvalue weighted by Crippen LogP contribution is -2.32. The third-order valence-corrected chi connectivity index (χ3v) is 2.66. The van der Waals surface area contributed by atoms with E-state index in [2.05, 4.69) is 4.98 Å². The minimum absolute atomic E-state index is 0.0458. The normalized spacial score (nSPS) is 13.2. The van der Waals surface area contributed by atoms with Gasteiger partial charge >= 0.3 is 13.3 Å². The van der Waals surface area contributed by atoms with E-state index in [9.17, 15) is 14.2 Å². The van der Waals surface area contributed by atoms with Gasteiger partial charge in [0.1, 0.15) is 12.2 Å². The first kappa shape index (κ1) is 16.5. The zero-order valence-electron chi connectivity index (χ0n) is 10.2. The monoisotopic (exact) mass is 307 g/mol. The van der Waals surface area contributed by atoms with Crippen LogP contribution in [-0.4, -0.2) is 49.4 Å². The molecule has 0 aliphatic heterocycles. The van der Waals surface area contributed by atoms with Crippen molar-refractivity contribution >= 4 is 19.3 Å². The number of aromatic nitrogens is 2. The van der Waals surface area contributed by atoms with E-state index in [4.69, 9.17) is 25.4 Å². The summed E-state index contributed by atoms with van der Waals surface area (Å²) in [6.45, 7) is -0.636. The Labute approximate surface area is 113 Å². The molecule has 1 atom stereocenters. The fourth-order valence-electron chi connectivity index (χ4n) is 1.28. The second kappa shape index (κ2) is 6.73. The van der Waals surface area contributed by atoms with Gasteiger partial charge in [0.2, 0.25) is 5.91 Å². The predicted molar refractivity (Wildman–Crippen MR) is 67.0 cm³/mol. The van der Waals surface area contributed by atoms with Gasteiger partial charge in [0, 0.05) is 6.20 Å². The van der Waals surface area contributed by atoms with Gasteiger partial charge in [-0.3, -0.25) is 9.36 Å². The second-order valence-electron chi connectivity index (χ2n) is 3.87. The molecule has 0 spiro atoms. The molecule has 1 aromatic heterocycles. The fourth-order valence-corrected chi connectivity index (χ4v) is 1.68. The van der Waals surface area contributed by atoms with Crippen molar-refractivity contribution in [1.29, 1.82) is 0 Å². The molecule has 0 saturated heterocycles. The van der Waals surface area contributed by atoms with Gasteiger partial charge in [-0.15, -0.1) is 0 Å². The Bertz CT molecular complexity index is 581. The topological polar surface area (TPSA) is 165 Å². The number of hydrogen-bond donors (Lipinski definition) is 4. The number of nitrogens with zero attached hydrogens (tertiary/aromatic N) is 2. The van der Waals surface area contributed by atoms with Gasteiger partial charge in [0.15, 0.2) is 0 Å². The van der Waals surface area contributed by atoms with Crippen LogP contribution in [0.15, 0.2) is 17.1 Å². The van der Waals surface area contributed by atoms with Crippen molar-refractivity contribution in [3.05, 3.63) is 22.7 Å². The lowest BCUT2D eigenvalue weighted by atomic mass is 10.2. The molecule has 5 N–H and O–H groups in total. The Hall–Kier alpha value is -1.58. The van der Waals surface area contributed by atoms with Crippen molar-refractivity contribution in [1.82, 2.24) is 9.55 Å². The van der Waals surface area contributed by atoms with Crippen molar-refractivity contribution in [2.75, 3.05) is 18.7 Å². The highest BCUT2D eigenvalue weighted by molar-refractivity contribution is 7.51. The van der Waals surface area contributed by atoms with Crippen LogP contribution in [-0.2, 0) is 9.30 Å². The van der Waals surface area contributed by atoms with Crippen molar-refractivity contribution in [3.8, 4) is 0 Å². The van der Waals surface area contributed by atoms with Gasteiger partial charge in [-0.05, 0) is 6.07 Å². The average molecular weight is 307 g/mol. The predicted octanol–water partition coefficient (Wildman–Crippen LogP) is -1.63. The van der Waals surface area contributed by atoms with E-state index in [0.29, 0.717) is 4.57 Å². The van der Waals surface area contributed by atoms with Crippen molar-refractivity contribution in [2.24, 2.45) is 0 Å². The number of aliphatic hydroxyl groups is 1. The molecule has 1 aromatic rings. The fraction of sp³-hybridized carbons (Fsp3) is 0.444. The molecule has 1 heterocycles. The molecule has 0 fully saturated rings. The Kier molecular flexibility index (Phi) is 5.54. The molecule has 0 saturated carbocycles. The summed E-state index contributed by atoms with van der Waals surface area (Å²) in [5.41, 5.74) is 4.38. The number of nitrogens with two attached hydrogens (primary N) is 1. The molecule has 0 aromatic carbocycles. The first-order chi connectivity index (χ1) is 9.23. The molecule has 0 aliphatic rings. The van der Waals surface area contributed by atoms with Crippen molar-refractivity contribution < 1.29 is 29.0 Å². The van der Waals surface area contributed by atoms with Crippen LogP contribution in [0.2, 0.25) is 0 Å². The van der Waals surface area contributed by atoms with E-state index >= 15 is 0 Å². The van der Waals surface area contributed by atoms with E-state index in [-0.39, 0.29) is 5.82 Å². The number of carbonyl (C=O) groups excluding carboxylic acids is 1. The Balaban J connectivity index is 2.72. The summed E-state index contributed by atoms with van der Waals surface area (Å²) in [4.78, 5) is 43.8. The van der Waals surface area contributed by atoms with E-state index in [1.165, 1.54) is 6.07 Å². The Morgan fingerprint density at radius 1 is 1.55 bits per heavy atom. The summed E-state index contributed by atoms with van der Waals surface area (Å²) in [5.74, 6) is -0.789. The first-order valence-electron chi connectivity index (χ1n) is 5.38. The summed E-state index contributed by atoms with van der Waals surface area (Å²) < 4.78 is 16.0. The number of carbonyl (C=O) groups is 1. The maximum Gasteiger partial charge on any atom is 0.356 e. The standard InChI is InChI=1S/C9H14N3O7P/c10-7-1-2-12(9(15)11-7)8(14)3-6(4-13)19-5-20(16,17)18/h1-2,6,13H,3-5H2,(H2,10,11,15)(H2,16,17,18)/t6-/m0/s1. The van der Waals surface area contributed by atoms with Gasteiger partial charge in [0.25, 0.3) is 0 Å². The number of rotatable bonds is 6. The highest BCUT2D eigenvalue weighted by atomic mass is 31.2. The molecule has 112 valence electrons. The molecule has 0 unspecified atom stereocenters. The van der Waals surface area contributed by atoms with Crippen LogP contribution in [0.3, 0.4) is 0 Å². The summed E-state index contributed by atoms with van der Waals surface area (Å²) in [6, 6.07) is 1.24. The largest absolute Gasteiger partial charge is 0.394 e. The molecule has 11 heteroatoms. The Morgan fingerprint density at radius 3 is 2.70 bits per heavy atom. The highest BCUT2D eigenvalue weighted by Crippen LogP contribution is 2.34. The molecule has 1 rings (SSSR count). The van der Waals surface area contributed by atoms with Crippen LogP contribution in [0.25, 0.3) is 0 Å². The molecule has 0 bridgehead atoms. The number of anilines is 1. The minimum atomic E-state index is -4.41. The molecular weight excluding hydrogens is 293 g/mol. The lowest BCUT2D eigenvalue weighted by Gasteiger charge is -2.15. The summed E-state index contributed by atoms with van der Waals surface area (Å²) in [5, 5.41) is 8.98. The van der Waals surface area contributed by atoms with E-state index in [1.54, 1.807) is 0 Å².